The summed E-state index contributed by atoms with van der Waals surface area (Å²) < 4.78 is -2.48. The Morgan fingerprint density at radius 3 is 2.07 bits per heavy atom. The van der Waals surface area contributed by atoms with Gasteiger partial charge in [-0.1, -0.05) is 0 Å². The molecule has 0 aromatic carbocycles. The summed E-state index contributed by atoms with van der Waals surface area (Å²) in [7, 11) is 0. The number of aliphatic hydroxyl groups is 5. The van der Waals surface area contributed by atoms with Crippen molar-refractivity contribution in [2.45, 2.75) is 21.6 Å². The SMILES string of the molecule is O=C(O)[C@@](O)([Bi])[C@@H](O)[C@H](O)[C@H](O)CO. The third-order valence-corrected chi connectivity index (χ3v) is 3.40. The van der Waals surface area contributed by atoms with Gasteiger partial charge in [0.1, 0.15) is 0 Å². The van der Waals surface area contributed by atoms with Crippen LogP contribution >= 0.6 is 0 Å². The first kappa shape index (κ1) is 14.2. The van der Waals surface area contributed by atoms with Crippen molar-refractivity contribution in [2.75, 3.05) is 6.61 Å². The number of hydrogen-bond donors (Lipinski definition) is 6. The van der Waals surface area contributed by atoms with Crippen molar-refractivity contribution in [1.82, 2.24) is 0 Å². The van der Waals surface area contributed by atoms with Gasteiger partial charge in [-0.25, -0.2) is 0 Å². The van der Waals surface area contributed by atoms with Crippen molar-refractivity contribution in [1.29, 1.82) is 0 Å². The van der Waals surface area contributed by atoms with E-state index in [1.807, 2.05) is 0 Å². The molecule has 2 radical (unpaired) electrons. The quantitative estimate of drug-likeness (QED) is 0.257. The van der Waals surface area contributed by atoms with Crippen molar-refractivity contribution in [3.8, 4) is 0 Å². The second-order valence-corrected chi connectivity index (χ2v) is 5.37. The minimum atomic E-state index is -2.48. The van der Waals surface area contributed by atoms with Gasteiger partial charge in [0.2, 0.25) is 0 Å². The molecule has 0 amide bonds. The first-order chi connectivity index (χ1) is 6.25. The Morgan fingerprint density at radius 1 is 1.36 bits per heavy atom. The Hall–Kier alpha value is 0.153. The molecule has 7 nitrogen and oxygen atoms in total. The number of carboxylic acid groups (broad SMARTS) is 1. The molecule has 4 atom stereocenters. The summed E-state index contributed by atoms with van der Waals surface area (Å²) in [5, 5.41) is 53.3. The van der Waals surface area contributed by atoms with E-state index in [1.165, 1.54) is 0 Å². The van der Waals surface area contributed by atoms with Crippen LogP contribution in [0.15, 0.2) is 0 Å². The summed E-state index contributed by atoms with van der Waals surface area (Å²) in [5.41, 5.74) is 0. The molecule has 0 saturated heterocycles. The second-order valence-electron chi connectivity index (χ2n) is 2.72. The standard InChI is InChI=1S/C6H11O7.Bi/c7-1-2(8)3(9)4(10)5(11)6(12)13;/h2-4,7-11H,1H2,(H,12,13);/t2-,3-,4+;/m1./s1. The molecule has 0 aliphatic carbocycles. The van der Waals surface area contributed by atoms with Crippen LogP contribution in [0.2, 0.25) is 0 Å². The predicted octanol–water partition coefficient (Wildman–Crippen LogP) is -4.00. The molecule has 0 aliphatic rings. The fourth-order valence-electron chi connectivity index (χ4n) is 0.683. The number of rotatable bonds is 5. The summed E-state index contributed by atoms with van der Waals surface area (Å²) in [5.74, 6) is -1.69. The molecular weight excluding hydrogens is 393 g/mol. The van der Waals surface area contributed by atoms with Crippen molar-refractivity contribution in [3.63, 3.8) is 0 Å². The van der Waals surface area contributed by atoms with Gasteiger partial charge in [0, 0.05) is 0 Å². The van der Waals surface area contributed by atoms with Crippen LogP contribution in [0, 0.1) is 0 Å². The van der Waals surface area contributed by atoms with E-state index in [4.69, 9.17) is 20.4 Å². The number of aliphatic carboxylic acids is 1. The van der Waals surface area contributed by atoms with Crippen LogP contribution in [0.5, 0.6) is 0 Å². The monoisotopic (exact) mass is 404 g/mol. The Balaban J connectivity index is 4.60. The molecule has 8 heteroatoms. The van der Waals surface area contributed by atoms with Crippen molar-refractivity contribution in [3.05, 3.63) is 0 Å². The van der Waals surface area contributed by atoms with Crippen LogP contribution in [0.4, 0.5) is 0 Å². The van der Waals surface area contributed by atoms with Gasteiger partial charge >= 0.3 is 94.3 Å². The van der Waals surface area contributed by atoms with Gasteiger partial charge < -0.3 is 0 Å². The Morgan fingerprint density at radius 2 is 1.79 bits per heavy atom. The summed E-state index contributed by atoms with van der Waals surface area (Å²) in [6.07, 6.45) is -5.65. The number of carbonyl (C=O) groups is 1. The maximum absolute atomic E-state index is 10.4. The summed E-state index contributed by atoms with van der Waals surface area (Å²) >= 11 is -0.113. The summed E-state index contributed by atoms with van der Waals surface area (Å²) in [6.45, 7) is -0.841. The fraction of sp³-hybridized carbons (Fsp3) is 0.833. The maximum atomic E-state index is 10.4. The molecule has 0 aromatic heterocycles. The van der Waals surface area contributed by atoms with Crippen LogP contribution < -0.4 is 0 Å². The van der Waals surface area contributed by atoms with Crippen molar-refractivity contribution < 1.29 is 35.4 Å². The predicted molar refractivity (Wildman–Crippen MR) is 43.4 cm³/mol. The molecule has 14 heavy (non-hydrogen) atoms. The van der Waals surface area contributed by atoms with Gasteiger partial charge in [0.05, 0.1) is 0 Å². The van der Waals surface area contributed by atoms with Crippen LogP contribution in [-0.2, 0) is 4.79 Å². The first-order valence-electron chi connectivity index (χ1n) is 3.58. The van der Waals surface area contributed by atoms with Crippen molar-refractivity contribution in [2.24, 2.45) is 0 Å². The van der Waals surface area contributed by atoms with E-state index in [0.717, 1.165) is 0 Å². The summed E-state index contributed by atoms with van der Waals surface area (Å²) in [4.78, 5) is 10.4. The number of carboxylic acids is 1. The molecule has 0 rings (SSSR count). The van der Waals surface area contributed by atoms with Gasteiger partial charge in [-0.15, -0.1) is 0 Å². The van der Waals surface area contributed by atoms with E-state index in [2.05, 4.69) is 0 Å². The molecule has 0 fully saturated rings. The normalized spacial score (nSPS) is 22.1. The van der Waals surface area contributed by atoms with Crippen molar-refractivity contribution >= 4 is 30.7 Å². The van der Waals surface area contributed by atoms with Gasteiger partial charge in [-0.3, -0.25) is 0 Å². The van der Waals surface area contributed by atoms with Crippen LogP contribution in [0.25, 0.3) is 0 Å². The second kappa shape index (κ2) is 5.30. The Kier molecular flexibility index (Phi) is 5.35. The molecule has 82 valence electrons. The average Bonchev–Trinajstić information content (AvgIpc) is 2.13. The van der Waals surface area contributed by atoms with Gasteiger partial charge in [0.25, 0.3) is 0 Å². The molecular formula is C6H11BiO7. The average molecular weight is 404 g/mol. The zero-order chi connectivity index (χ0) is 11.5. The molecule has 0 aromatic rings. The van der Waals surface area contributed by atoms with Gasteiger partial charge in [-0.05, 0) is 0 Å². The zero-order valence-corrected chi connectivity index (χ0v) is 10.5. The fourth-order valence-corrected chi connectivity index (χ4v) is 1.28. The first-order valence-corrected chi connectivity index (χ1v) is 5.32. The third-order valence-electron chi connectivity index (χ3n) is 1.63. The Bertz CT molecular complexity index is 206. The van der Waals surface area contributed by atoms with E-state index in [-0.39, 0.29) is 24.7 Å². The molecule has 0 heterocycles. The zero-order valence-electron chi connectivity index (χ0n) is 6.98. The van der Waals surface area contributed by atoms with Crippen LogP contribution in [0.1, 0.15) is 0 Å². The molecule has 0 bridgehead atoms. The number of hydrogen-bond acceptors (Lipinski definition) is 6. The molecule has 0 aliphatic heterocycles. The molecule has 0 unspecified atom stereocenters. The van der Waals surface area contributed by atoms with E-state index in [0.29, 0.717) is 0 Å². The third kappa shape index (κ3) is 3.08. The Labute approximate surface area is 94.5 Å². The molecule has 0 spiro atoms. The van der Waals surface area contributed by atoms with E-state index in [9.17, 15) is 15.0 Å². The number of aliphatic hydroxyl groups excluding tert-OH is 4. The van der Waals surface area contributed by atoms with Crippen LogP contribution in [-0.4, -0.2) is 89.6 Å². The van der Waals surface area contributed by atoms with E-state index in [1.54, 1.807) is 0 Å². The minimum absolute atomic E-state index is 0.113. The molecule has 6 N–H and O–H groups in total. The van der Waals surface area contributed by atoms with E-state index >= 15 is 0 Å². The van der Waals surface area contributed by atoms with Gasteiger partial charge in [0.15, 0.2) is 0 Å². The van der Waals surface area contributed by atoms with E-state index < -0.39 is 34.2 Å². The van der Waals surface area contributed by atoms with Gasteiger partial charge in [-0.2, -0.15) is 0 Å². The topological polar surface area (TPSA) is 138 Å². The van der Waals surface area contributed by atoms with Crippen LogP contribution in [0.3, 0.4) is 0 Å². The summed E-state index contributed by atoms with van der Waals surface area (Å²) in [6, 6.07) is 0. The molecule has 0 saturated carbocycles.